The Bertz CT molecular complexity index is 762. The van der Waals surface area contributed by atoms with Crippen LogP contribution in [0.5, 0.6) is 0 Å². The zero-order chi connectivity index (χ0) is 17.8. The van der Waals surface area contributed by atoms with Gasteiger partial charge in [0.15, 0.2) is 0 Å². The first-order valence-electron chi connectivity index (χ1n) is 8.32. The van der Waals surface area contributed by atoms with Crippen LogP contribution < -0.4 is 5.32 Å². The van der Waals surface area contributed by atoms with Gasteiger partial charge in [0.05, 0.1) is 17.4 Å². The topological polar surface area (TPSA) is 106 Å². The van der Waals surface area contributed by atoms with Crippen LogP contribution in [0.2, 0.25) is 0 Å². The van der Waals surface area contributed by atoms with Gasteiger partial charge in [0, 0.05) is 23.7 Å². The van der Waals surface area contributed by atoms with E-state index in [1.54, 1.807) is 18.2 Å². The molecule has 1 aromatic carbocycles. The molecule has 132 valence electrons. The van der Waals surface area contributed by atoms with Gasteiger partial charge in [-0.1, -0.05) is 12.1 Å². The van der Waals surface area contributed by atoms with E-state index < -0.39 is 10.9 Å². The number of hydrogen-bond acceptors (Lipinski definition) is 5. The third-order valence-corrected chi connectivity index (χ3v) is 4.64. The Labute approximate surface area is 144 Å². The number of nitrogens with one attached hydrogen (secondary N) is 1. The van der Waals surface area contributed by atoms with Gasteiger partial charge in [-0.25, -0.2) is 0 Å². The third-order valence-electron chi connectivity index (χ3n) is 4.64. The molecule has 0 unspecified atom stereocenters. The zero-order valence-corrected chi connectivity index (χ0v) is 13.7. The Morgan fingerprint density at radius 3 is 2.68 bits per heavy atom. The van der Waals surface area contributed by atoms with E-state index in [1.807, 2.05) is 6.07 Å². The van der Waals surface area contributed by atoms with Crippen LogP contribution in [0.4, 0.5) is 5.69 Å². The summed E-state index contributed by atoms with van der Waals surface area (Å²) in [5, 5.41) is 23.3. The molecular weight excluding hydrogens is 324 g/mol. The first kappa shape index (κ1) is 17.2. The van der Waals surface area contributed by atoms with Crippen molar-refractivity contribution in [1.29, 1.82) is 0 Å². The number of aliphatic carboxylic acids is 1. The van der Waals surface area contributed by atoms with Crippen molar-refractivity contribution in [2.45, 2.75) is 38.3 Å². The highest BCUT2D eigenvalue weighted by molar-refractivity contribution is 5.70. The van der Waals surface area contributed by atoms with E-state index in [-0.39, 0.29) is 11.6 Å². The van der Waals surface area contributed by atoms with E-state index in [2.05, 4.69) is 5.32 Å². The number of carboxylic acids is 1. The first-order chi connectivity index (χ1) is 12.0. The van der Waals surface area contributed by atoms with E-state index in [0.717, 1.165) is 18.6 Å². The van der Waals surface area contributed by atoms with Gasteiger partial charge in [-0.05, 0) is 37.8 Å². The molecule has 0 saturated heterocycles. The van der Waals surface area contributed by atoms with Crippen molar-refractivity contribution in [2.75, 3.05) is 0 Å². The van der Waals surface area contributed by atoms with Gasteiger partial charge in [-0.3, -0.25) is 14.9 Å². The number of benzene rings is 1. The van der Waals surface area contributed by atoms with E-state index in [9.17, 15) is 14.9 Å². The van der Waals surface area contributed by atoms with E-state index in [0.29, 0.717) is 36.8 Å². The van der Waals surface area contributed by atoms with Gasteiger partial charge in [-0.2, -0.15) is 0 Å². The minimum Gasteiger partial charge on any atom is -0.481 e. The summed E-state index contributed by atoms with van der Waals surface area (Å²) in [6.07, 6.45) is 3.08. The van der Waals surface area contributed by atoms with Gasteiger partial charge in [-0.15, -0.1) is 0 Å². The van der Waals surface area contributed by atoms with Crippen LogP contribution in [-0.4, -0.2) is 22.0 Å². The number of nitrogens with zero attached hydrogens (tertiary/aromatic N) is 1. The first-order valence-corrected chi connectivity index (χ1v) is 8.32. The second kappa shape index (κ2) is 7.48. The van der Waals surface area contributed by atoms with Crippen LogP contribution in [0.3, 0.4) is 0 Å². The monoisotopic (exact) mass is 344 g/mol. The highest BCUT2D eigenvalue weighted by Gasteiger charge is 2.25. The fourth-order valence-corrected chi connectivity index (χ4v) is 3.19. The van der Waals surface area contributed by atoms with E-state index >= 15 is 0 Å². The summed E-state index contributed by atoms with van der Waals surface area (Å²) in [5.41, 5.74) is 0.700. The normalized spacial score (nSPS) is 20.3. The minimum absolute atomic E-state index is 0.0313. The average Bonchev–Trinajstić information content (AvgIpc) is 3.09. The molecule has 0 amide bonds. The van der Waals surface area contributed by atoms with Gasteiger partial charge in [0.25, 0.3) is 5.69 Å². The van der Waals surface area contributed by atoms with Crippen LogP contribution in [0.25, 0.3) is 11.3 Å². The summed E-state index contributed by atoms with van der Waals surface area (Å²) in [6, 6.07) is 10.3. The van der Waals surface area contributed by atoms with E-state index in [1.165, 1.54) is 12.1 Å². The molecule has 1 saturated carbocycles. The molecule has 7 heteroatoms. The quantitative estimate of drug-likeness (QED) is 0.613. The number of hydrogen-bond donors (Lipinski definition) is 2. The van der Waals surface area contributed by atoms with Crippen molar-refractivity contribution in [3.05, 3.63) is 52.3 Å². The minimum atomic E-state index is -0.703. The van der Waals surface area contributed by atoms with Crippen LogP contribution in [0.15, 0.2) is 40.8 Å². The van der Waals surface area contributed by atoms with Crippen molar-refractivity contribution >= 4 is 11.7 Å². The van der Waals surface area contributed by atoms with E-state index in [4.69, 9.17) is 9.52 Å². The maximum Gasteiger partial charge on any atom is 0.306 e. The molecule has 2 N–H and O–H groups in total. The SMILES string of the molecule is O=C(O)C1CCC(NCc2ccc(-c3cccc([N+](=O)[O-])c3)o2)CC1. The number of rotatable bonds is 6. The van der Waals surface area contributed by atoms with Gasteiger partial charge < -0.3 is 14.8 Å². The van der Waals surface area contributed by atoms with Crippen molar-refractivity contribution in [3.63, 3.8) is 0 Å². The maximum absolute atomic E-state index is 11.0. The predicted octanol–water partition coefficient (Wildman–Crippen LogP) is 3.59. The van der Waals surface area contributed by atoms with Gasteiger partial charge in [0.1, 0.15) is 11.5 Å². The van der Waals surface area contributed by atoms with Crippen LogP contribution in [-0.2, 0) is 11.3 Å². The van der Waals surface area contributed by atoms with Crippen LogP contribution in [0.1, 0.15) is 31.4 Å². The molecule has 0 radical (unpaired) electrons. The number of carbonyl (C=O) groups is 1. The average molecular weight is 344 g/mol. The lowest BCUT2D eigenvalue weighted by atomic mass is 9.86. The molecule has 1 heterocycles. The number of carboxylic acid groups (broad SMARTS) is 1. The lowest BCUT2D eigenvalue weighted by Crippen LogP contribution is -2.34. The molecule has 0 spiro atoms. The molecule has 1 fully saturated rings. The van der Waals surface area contributed by atoms with Crippen molar-refractivity contribution in [1.82, 2.24) is 5.32 Å². The molecule has 1 aliphatic carbocycles. The molecule has 1 aliphatic rings. The highest BCUT2D eigenvalue weighted by atomic mass is 16.6. The summed E-state index contributed by atoms with van der Waals surface area (Å²) in [6.45, 7) is 0.553. The highest BCUT2D eigenvalue weighted by Crippen LogP contribution is 2.27. The second-order valence-corrected chi connectivity index (χ2v) is 6.34. The second-order valence-electron chi connectivity index (χ2n) is 6.34. The largest absolute Gasteiger partial charge is 0.481 e. The van der Waals surface area contributed by atoms with Crippen molar-refractivity contribution < 1.29 is 19.2 Å². The lowest BCUT2D eigenvalue weighted by molar-refractivity contribution is -0.384. The maximum atomic E-state index is 11.0. The Balaban J connectivity index is 1.57. The molecule has 1 aromatic heterocycles. The number of nitro benzene ring substituents is 1. The molecule has 0 aliphatic heterocycles. The molecule has 0 atom stereocenters. The standard InChI is InChI=1S/C18H20N2O5/c21-18(22)12-4-6-14(7-5-12)19-11-16-8-9-17(25-16)13-2-1-3-15(10-13)20(23)24/h1-3,8-10,12,14,19H,4-7,11H2,(H,21,22). The lowest BCUT2D eigenvalue weighted by Gasteiger charge is -2.26. The van der Waals surface area contributed by atoms with Crippen molar-refractivity contribution in [3.8, 4) is 11.3 Å². The van der Waals surface area contributed by atoms with Gasteiger partial charge in [0.2, 0.25) is 0 Å². The Morgan fingerprint density at radius 1 is 1.24 bits per heavy atom. The Kier molecular flexibility index (Phi) is 5.14. The smallest absolute Gasteiger partial charge is 0.306 e. The molecule has 3 rings (SSSR count). The zero-order valence-electron chi connectivity index (χ0n) is 13.7. The summed E-state index contributed by atoms with van der Waals surface area (Å²) < 4.78 is 5.78. The van der Waals surface area contributed by atoms with Crippen molar-refractivity contribution in [2.24, 2.45) is 5.92 Å². The molecule has 0 bridgehead atoms. The van der Waals surface area contributed by atoms with Gasteiger partial charge >= 0.3 is 5.97 Å². The fraction of sp³-hybridized carbons (Fsp3) is 0.389. The van der Waals surface area contributed by atoms with Crippen LogP contribution >= 0.6 is 0 Å². The summed E-state index contributed by atoms with van der Waals surface area (Å²) in [5.74, 6) is 0.421. The Hall–Kier alpha value is -2.67. The third kappa shape index (κ3) is 4.24. The fourth-order valence-electron chi connectivity index (χ4n) is 3.19. The summed E-state index contributed by atoms with van der Waals surface area (Å²) >= 11 is 0. The van der Waals surface area contributed by atoms with Crippen LogP contribution in [0, 0.1) is 16.0 Å². The summed E-state index contributed by atoms with van der Waals surface area (Å²) in [7, 11) is 0. The Morgan fingerprint density at radius 2 is 2.00 bits per heavy atom. The number of nitro groups is 1. The molecule has 2 aromatic rings. The predicted molar refractivity (Wildman–Crippen MR) is 91.0 cm³/mol. The number of furan rings is 1. The number of non-ortho nitro benzene ring substituents is 1. The summed E-state index contributed by atoms with van der Waals surface area (Å²) in [4.78, 5) is 21.4. The molecule has 25 heavy (non-hydrogen) atoms. The molecule has 7 nitrogen and oxygen atoms in total. The molecular formula is C18H20N2O5.